The third kappa shape index (κ3) is 3.59. The Morgan fingerprint density at radius 1 is 1.29 bits per heavy atom. The van der Waals surface area contributed by atoms with Crippen LogP contribution in [0.2, 0.25) is 0 Å². The summed E-state index contributed by atoms with van der Waals surface area (Å²) in [5, 5.41) is 0. The van der Waals surface area contributed by atoms with Gasteiger partial charge in [-0.05, 0) is 24.5 Å². The van der Waals surface area contributed by atoms with E-state index in [4.69, 9.17) is 0 Å². The highest BCUT2D eigenvalue weighted by Crippen LogP contribution is 2.27. The Bertz CT molecular complexity index is 815. The summed E-state index contributed by atoms with van der Waals surface area (Å²) in [6.45, 7) is 0.865. The molecule has 0 aliphatic carbocycles. The van der Waals surface area contributed by atoms with Crippen molar-refractivity contribution in [2.45, 2.75) is 30.5 Å². The third-order valence-corrected chi connectivity index (χ3v) is 5.34. The third-order valence-electron chi connectivity index (χ3n) is 3.93. The van der Waals surface area contributed by atoms with Crippen LogP contribution in [-0.4, -0.2) is 29.5 Å². The van der Waals surface area contributed by atoms with E-state index < -0.39 is 21.9 Å². The molecule has 0 spiro atoms. The molecule has 0 aromatic carbocycles. The minimum atomic E-state index is -4.60. The number of hydrogen-bond donors (Lipinski definition) is 1. The summed E-state index contributed by atoms with van der Waals surface area (Å²) < 4.78 is 66.2. The molecule has 0 radical (unpaired) electrons. The molecule has 1 aliphatic heterocycles. The molecule has 2 aromatic heterocycles. The maximum atomic E-state index is 12.5. The van der Waals surface area contributed by atoms with Crippen LogP contribution in [-0.2, 0) is 29.2 Å². The van der Waals surface area contributed by atoms with Gasteiger partial charge in [0.25, 0.3) is 0 Å². The predicted molar refractivity (Wildman–Crippen MR) is 78.5 cm³/mol. The van der Waals surface area contributed by atoms with Crippen LogP contribution in [0.1, 0.15) is 17.9 Å². The number of hydrogen-bond acceptors (Lipinski definition) is 4. The van der Waals surface area contributed by atoms with Gasteiger partial charge in [0.2, 0.25) is 10.0 Å². The minimum Gasteiger partial charge on any atom is -0.335 e. The van der Waals surface area contributed by atoms with Crippen LogP contribution in [0.4, 0.5) is 13.2 Å². The molecule has 0 amide bonds. The van der Waals surface area contributed by atoms with E-state index in [1.807, 2.05) is 10.8 Å². The van der Waals surface area contributed by atoms with E-state index in [2.05, 4.69) is 14.7 Å². The van der Waals surface area contributed by atoms with Gasteiger partial charge in [0.1, 0.15) is 16.4 Å². The zero-order chi connectivity index (χ0) is 17.4. The molecule has 0 fully saturated rings. The van der Waals surface area contributed by atoms with Gasteiger partial charge in [-0.2, -0.15) is 13.2 Å². The summed E-state index contributed by atoms with van der Waals surface area (Å²) in [6, 6.07) is 1.57. The van der Waals surface area contributed by atoms with Crippen LogP contribution >= 0.6 is 0 Å². The maximum Gasteiger partial charge on any atom is 0.433 e. The van der Waals surface area contributed by atoms with Crippen LogP contribution in [0, 0.1) is 5.92 Å². The molecule has 1 N–H and O–H groups in total. The van der Waals surface area contributed by atoms with Gasteiger partial charge in [0.15, 0.2) is 0 Å². The highest BCUT2D eigenvalue weighted by Gasteiger charge is 2.32. The number of pyridine rings is 1. The topological polar surface area (TPSA) is 76.9 Å². The van der Waals surface area contributed by atoms with E-state index in [1.54, 1.807) is 6.20 Å². The summed E-state index contributed by atoms with van der Waals surface area (Å²) in [5.41, 5.74) is -1.12. The lowest BCUT2D eigenvalue weighted by molar-refractivity contribution is -0.141. The van der Waals surface area contributed by atoms with Crippen molar-refractivity contribution in [3.63, 3.8) is 0 Å². The van der Waals surface area contributed by atoms with Gasteiger partial charge < -0.3 is 4.57 Å². The molecular formula is C14H15F3N4O2S. The second kappa shape index (κ2) is 6.17. The van der Waals surface area contributed by atoms with E-state index >= 15 is 0 Å². The largest absolute Gasteiger partial charge is 0.433 e. The standard InChI is InChI=1S/C14H15F3N4O2S/c15-14(16,17)12-3-2-11(8-19-12)24(22,23)20-7-10-1-4-13-18-5-6-21(13)9-10/h2-3,5-6,8,10,20H,1,4,7,9H2/t10-/m0/s1. The lowest BCUT2D eigenvalue weighted by Gasteiger charge is -2.23. The van der Waals surface area contributed by atoms with Crippen molar-refractivity contribution in [3.8, 4) is 0 Å². The minimum absolute atomic E-state index is 0.101. The van der Waals surface area contributed by atoms with Crippen LogP contribution in [0.3, 0.4) is 0 Å². The molecule has 0 saturated heterocycles. The van der Waals surface area contributed by atoms with E-state index in [9.17, 15) is 21.6 Å². The summed E-state index contributed by atoms with van der Waals surface area (Å²) in [5.74, 6) is 1.07. The Morgan fingerprint density at radius 2 is 2.08 bits per heavy atom. The van der Waals surface area contributed by atoms with Crippen molar-refractivity contribution in [2.75, 3.05) is 6.54 Å². The number of nitrogens with zero attached hydrogens (tertiary/aromatic N) is 3. The summed E-state index contributed by atoms with van der Waals surface area (Å²) in [4.78, 5) is 7.09. The van der Waals surface area contributed by atoms with Crippen molar-refractivity contribution in [1.29, 1.82) is 0 Å². The monoisotopic (exact) mass is 360 g/mol. The van der Waals surface area contributed by atoms with E-state index in [1.165, 1.54) is 0 Å². The number of sulfonamides is 1. The first-order valence-corrected chi connectivity index (χ1v) is 8.77. The van der Waals surface area contributed by atoms with Crippen LogP contribution in [0.15, 0.2) is 35.6 Å². The zero-order valence-corrected chi connectivity index (χ0v) is 13.3. The first kappa shape index (κ1) is 16.9. The van der Waals surface area contributed by atoms with Crippen molar-refractivity contribution in [2.24, 2.45) is 5.92 Å². The SMILES string of the molecule is O=S(=O)(NC[C@@H]1CCc2nccn2C1)c1ccc(C(F)(F)F)nc1. The molecular weight excluding hydrogens is 345 g/mol. The molecule has 24 heavy (non-hydrogen) atoms. The van der Waals surface area contributed by atoms with Crippen molar-refractivity contribution in [3.05, 3.63) is 42.2 Å². The van der Waals surface area contributed by atoms with E-state index in [0.29, 0.717) is 12.6 Å². The Labute approximate surface area is 136 Å². The fourth-order valence-electron chi connectivity index (χ4n) is 2.62. The Hall–Kier alpha value is -1.94. The Kier molecular flexibility index (Phi) is 4.35. The second-order valence-electron chi connectivity index (χ2n) is 5.63. The molecule has 1 aliphatic rings. The van der Waals surface area contributed by atoms with E-state index in [-0.39, 0.29) is 17.4 Å². The number of rotatable bonds is 4. The normalized spacial score (nSPS) is 18.4. The molecule has 0 unspecified atom stereocenters. The summed E-state index contributed by atoms with van der Waals surface area (Å²) >= 11 is 0. The van der Waals surface area contributed by atoms with Gasteiger partial charge in [-0.1, -0.05) is 0 Å². The molecule has 130 valence electrons. The maximum absolute atomic E-state index is 12.5. The molecule has 0 saturated carbocycles. The van der Waals surface area contributed by atoms with Crippen molar-refractivity contribution < 1.29 is 21.6 Å². The predicted octanol–water partition coefficient (Wildman–Crippen LogP) is 1.84. The van der Waals surface area contributed by atoms with E-state index in [0.717, 1.165) is 30.9 Å². The first-order chi connectivity index (χ1) is 11.3. The van der Waals surface area contributed by atoms with Crippen LogP contribution in [0.25, 0.3) is 0 Å². The van der Waals surface area contributed by atoms with Crippen LogP contribution in [0.5, 0.6) is 0 Å². The number of nitrogens with one attached hydrogen (secondary N) is 1. The quantitative estimate of drug-likeness (QED) is 0.903. The highest BCUT2D eigenvalue weighted by atomic mass is 32.2. The Balaban J connectivity index is 1.64. The van der Waals surface area contributed by atoms with Gasteiger partial charge in [0, 0.05) is 38.1 Å². The van der Waals surface area contributed by atoms with Gasteiger partial charge in [-0.25, -0.2) is 18.1 Å². The smallest absolute Gasteiger partial charge is 0.335 e. The average Bonchev–Trinajstić information content (AvgIpc) is 3.00. The lowest BCUT2D eigenvalue weighted by atomic mass is 10.00. The molecule has 3 rings (SSSR count). The fraction of sp³-hybridized carbons (Fsp3) is 0.429. The number of alkyl halides is 3. The summed E-state index contributed by atoms with van der Waals surface area (Å²) in [6.07, 6.45) is 1.23. The first-order valence-electron chi connectivity index (χ1n) is 7.28. The molecule has 1 atom stereocenters. The number of halogens is 3. The Morgan fingerprint density at radius 3 is 2.75 bits per heavy atom. The molecule has 6 nitrogen and oxygen atoms in total. The zero-order valence-electron chi connectivity index (χ0n) is 12.5. The van der Waals surface area contributed by atoms with Crippen LogP contribution < -0.4 is 4.72 Å². The molecule has 3 heterocycles. The fourth-order valence-corrected chi connectivity index (χ4v) is 3.68. The highest BCUT2D eigenvalue weighted by molar-refractivity contribution is 7.89. The van der Waals surface area contributed by atoms with Gasteiger partial charge in [0.05, 0.1) is 0 Å². The number of imidazole rings is 1. The lowest BCUT2D eigenvalue weighted by Crippen LogP contribution is -2.33. The van der Waals surface area contributed by atoms with Gasteiger partial charge in [-0.3, -0.25) is 4.98 Å². The van der Waals surface area contributed by atoms with Gasteiger partial charge in [-0.15, -0.1) is 0 Å². The molecule has 2 aromatic rings. The summed E-state index contributed by atoms with van der Waals surface area (Å²) in [7, 11) is -3.89. The molecule has 0 bridgehead atoms. The van der Waals surface area contributed by atoms with Crippen molar-refractivity contribution >= 4 is 10.0 Å². The average molecular weight is 360 g/mol. The second-order valence-corrected chi connectivity index (χ2v) is 7.40. The number of aryl methyl sites for hydroxylation is 1. The van der Waals surface area contributed by atoms with Gasteiger partial charge >= 0.3 is 6.18 Å². The number of fused-ring (bicyclic) bond motifs is 1. The molecule has 10 heteroatoms. The number of aromatic nitrogens is 3. The van der Waals surface area contributed by atoms with Crippen molar-refractivity contribution in [1.82, 2.24) is 19.3 Å².